The standard InChI is InChI=1S/C15H20BrN3O/c1-11-15(16)14(19(2)18-11)9-17-8-12-5-4-6-13(7-12)10-20-3/h4-7,17H,8-10H2,1-3H3. The summed E-state index contributed by atoms with van der Waals surface area (Å²) in [6.07, 6.45) is 0. The zero-order valence-electron chi connectivity index (χ0n) is 12.1. The van der Waals surface area contributed by atoms with Gasteiger partial charge in [0, 0.05) is 27.2 Å². The molecule has 0 aliphatic rings. The van der Waals surface area contributed by atoms with Crippen molar-refractivity contribution in [2.45, 2.75) is 26.6 Å². The highest BCUT2D eigenvalue weighted by atomic mass is 79.9. The average molecular weight is 338 g/mol. The molecule has 0 atom stereocenters. The predicted octanol–water partition coefficient (Wildman–Crippen LogP) is 2.93. The second-order valence-electron chi connectivity index (χ2n) is 4.83. The Morgan fingerprint density at radius 2 is 2.05 bits per heavy atom. The zero-order valence-corrected chi connectivity index (χ0v) is 13.7. The molecule has 2 aromatic rings. The minimum absolute atomic E-state index is 0.653. The monoisotopic (exact) mass is 337 g/mol. The van der Waals surface area contributed by atoms with Gasteiger partial charge in [0.2, 0.25) is 0 Å². The minimum atomic E-state index is 0.653. The summed E-state index contributed by atoms with van der Waals surface area (Å²) in [5, 5.41) is 7.84. The van der Waals surface area contributed by atoms with E-state index in [0.29, 0.717) is 6.61 Å². The second kappa shape index (κ2) is 7.02. The molecule has 0 amide bonds. The van der Waals surface area contributed by atoms with Gasteiger partial charge in [-0.1, -0.05) is 24.3 Å². The number of aromatic nitrogens is 2. The van der Waals surface area contributed by atoms with Crippen LogP contribution in [0.5, 0.6) is 0 Å². The third-order valence-corrected chi connectivity index (χ3v) is 4.22. The normalized spacial score (nSPS) is 11.0. The summed E-state index contributed by atoms with van der Waals surface area (Å²) in [6, 6.07) is 8.43. The Bertz CT molecular complexity index is 580. The van der Waals surface area contributed by atoms with Gasteiger partial charge >= 0.3 is 0 Å². The van der Waals surface area contributed by atoms with E-state index in [1.807, 2.05) is 18.7 Å². The number of benzene rings is 1. The van der Waals surface area contributed by atoms with Crippen LogP contribution in [0.4, 0.5) is 0 Å². The van der Waals surface area contributed by atoms with Gasteiger partial charge < -0.3 is 10.1 Å². The molecule has 1 aromatic carbocycles. The van der Waals surface area contributed by atoms with Crippen LogP contribution >= 0.6 is 15.9 Å². The Balaban J connectivity index is 1.94. The summed E-state index contributed by atoms with van der Waals surface area (Å²) in [4.78, 5) is 0. The predicted molar refractivity (Wildman–Crippen MR) is 83.3 cm³/mol. The maximum atomic E-state index is 5.15. The van der Waals surface area contributed by atoms with Crippen LogP contribution in [-0.4, -0.2) is 16.9 Å². The zero-order chi connectivity index (χ0) is 14.5. The van der Waals surface area contributed by atoms with E-state index in [2.05, 4.69) is 50.6 Å². The molecule has 1 aromatic heterocycles. The van der Waals surface area contributed by atoms with Crippen LogP contribution in [0.2, 0.25) is 0 Å². The topological polar surface area (TPSA) is 39.1 Å². The molecule has 2 rings (SSSR count). The first-order valence-electron chi connectivity index (χ1n) is 6.57. The number of methoxy groups -OCH3 is 1. The summed E-state index contributed by atoms with van der Waals surface area (Å²) in [6.45, 7) is 4.27. The average Bonchev–Trinajstić information content (AvgIpc) is 2.66. The van der Waals surface area contributed by atoms with Gasteiger partial charge in [0.1, 0.15) is 0 Å². The number of halogens is 1. The number of rotatable bonds is 6. The highest BCUT2D eigenvalue weighted by Crippen LogP contribution is 2.19. The summed E-state index contributed by atoms with van der Waals surface area (Å²) < 4.78 is 8.15. The van der Waals surface area contributed by atoms with Crippen LogP contribution < -0.4 is 5.32 Å². The van der Waals surface area contributed by atoms with Crippen molar-refractivity contribution >= 4 is 15.9 Å². The Labute approximate surface area is 128 Å². The van der Waals surface area contributed by atoms with Crippen LogP contribution in [0.15, 0.2) is 28.7 Å². The molecule has 0 saturated carbocycles. The lowest BCUT2D eigenvalue weighted by Crippen LogP contribution is -2.15. The Kier molecular flexibility index (Phi) is 5.34. The largest absolute Gasteiger partial charge is 0.380 e. The Morgan fingerprint density at radius 3 is 2.70 bits per heavy atom. The number of nitrogens with zero attached hydrogens (tertiary/aromatic N) is 2. The first-order valence-corrected chi connectivity index (χ1v) is 7.36. The third-order valence-electron chi connectivity index (χ3n) is 3.19. The third kappa shape index (κ3) is 3.69. The summed E-state index contributed by atoms with van der Waals surface area (Å²) in [7, 11) is 3.68. The minimum Gasteiger partial charge on any atom is -0.380 e. The van der Waals surface area contributed by atoms with E-state index >= 15 is 0 Å². The Hall–Kier alpha value is -1.17. The highest BCUT2D eigenvalue weighted by Gasteiger charge is 2.09. The molecule has 1 N–H and O–H groups in total. The molecular weight excluding hydrogens is 318 g/mol. The maximum Gasteiger partial charge on any atom is 0.0739 e. The molecule has 1 heterocycles. The first kappa shape index (κ1) is 15.2. The number of ether oxygens (including phenoxy) is 1. The summed E-state index contributed by atoms with van der Waals surface area (Å²) in [5.74, 6) is 0. The molecule has 5 heteroatoms. The van der Waals surface area contributed by atoms with Crippen molar-refractivity contribution in [2.24, 2.45) is 7.05 Å². The van der Waals surface area contributed by atoms with Gasteiger partial charge in [-0.05, 0) is 34.0 Å². The van der Waals surface area contributed by atoms with Crippen LogP contribution in [0, 0.1) is 6.92 Å². The van der Waals surface area contributed by atoms with Crippen LogP contribution in [0.3, 0.4) is 0 Å². The van der Waals surface area contributed by atoms with Gasteiger partial charge in [0.15, 0.2) is 0 Å². The maximum absolute atomic E-state index is 5.15. The van der Waals surface area contributed by atoms with E-state index in [1.54, 1.807) is 7.11 Å². The molecule has 0 radical (unpaired) electrons. The molecule has 0 unspecified atom stereocenters. The van der Waals surface area contributed by atoms with E-state index in [-0.39, 0.29) is 0 Å². The van der Waals surface area contributed by atoms with Gasteiger partial charge in [-0.15, -0.1) is 0 Å². The molecule has 0 saturated heterocycles. The Morgan fingerprint density at radius 1 is 1.30 bits per heavy atom. The summed E-state index contributed by atoms with van der Waals surface area (Å²) >= 11 is 3.58. The smallest absolute Gasteiger partial charge is 0.0739 e. The van der Waals surface area contributed by atoms with Crippen molar-refractivity contribution in [3.63, 3.8) is 0 Å². The lowest BCUT2D eigenvalue weighted by molar-refractivity contribution is 0.185. The van der Waals surface area contributed by atoms with Crippen LogP contribution in [-0.2, 0) is 31.5 Å². The number of aryl methyl sites for hydroxylation is 2. The molecule has 20 heavy (non-hydrogen) atoms. The number of hydrogen-bond donors (Lipinski definition) is 1. The van der Waals surface area contributed by atoms with E-state index in [9.17, 15) is 0 Å². The van der Waals surface area contributed by atoms with Crippen molar-refractivity contribution in [2.75, 3.05) is 7.11 Å². The quantitative estimate of drug-likeness (QED) is 0.880. The molecule has 0 spiro atoms. The summed E-state index contributed by atoms with van der Waals surface area (Å²) in [5.41, 5.74) is 4.64. The van der Waals surface area contributed by atoms with Crippen LogP contribution in [0.1, 0.15) is 22.5 Å². The van der Waals surface area contributed by atoms with E-state index in [1.165, 1.54) is 11.1 Å². The SMILES string of the molecule is COCc1cccc(CNCc2c(Br)c(C)nn2C)c1. The van der Waals surface area contributed by atoms with Gasteiger partial charge in [-0.3, -0.25) is 4.68 Å². The fourth-order valence-corrected chi connectivity index (χ4v) is 2.67. The van der Waals surface area contributed by atoms with E-state index < -0.39 is 0 Å². The van der Waals surface area contributed by atoms with Crippen molar-refractivity contribution < 1.29 is 4.74 Å². The molecule has 0 bridgehead atoms. The van der Waals surface area contributed by atoms with Crippen molar-refractivity contribution in [1.29, 1.82) is 0 Å². The molecule has 108 valence electrons. The molecular formula is C15H20BrN3O. The number of nitrogens with one attached hydrogen (secondary N) is 1. The molecule has 0 fully saturated rings. The second-order valence-corrected chi connectivity index (χ2v) is 5.62. The molecule has 0 aliphatic heterocycles. The highest BCUT2D eigenvalue weighted by molar-refractivity contribution is 9.10. The fourth-order valence-electron chi connectivity index (χ4n) is 2.19. The van der Waals surface area contributed by atoms with Crippen molar-refractivity contribution in [3.05, 3.63) is 51.3 Å². The van der Waals surface area contributed by atoms with Gasteiger partial charge in [-0.2, -0.15) is 5.10 Å². The lowest BCUT2D eigenvalue weighted by atomic mass is 10.1. The lowest BCUT2D eigenvalue weighted by Gasteiger charge is -2.08. The van der Waals surface area contributed by atoms with Crippen molar-refractivity contribution in [1.82, 2.24) is 15.1 Å². The van der Waals surface area contributed by atoms with E-state index in [0.717, 1.165) is 29.0 Å². The first-order chi connectivity index (χ1) is 9.61. The fraction of sp³-hybridized carbons (Fsp3) is 0.400. The van der Waals surface area contributed by atoms with E-state index in [4.69, 9.17) is 4.74 Å². The van der Waals surface area contributed by atoms with Gasteiger partial charge in [0.05, 0.1) is 22.5 Å². The van der Waals surface area contributed by atoms with Crippen LogP contribution in [0.25, 0.3) is 0 Å². The number of hydrogen-bond acceptors (Lipinski definition) is 3. The van der Waals surface area contributed by atoms with Gasteiger partial charge in [-0.25, -0.2) is 0 Å². The molecule has 0 aliphatic carbocycles. The van der Waals surface area contributed by atoms with Gasteiger partial charge in [0.25, 0.3) is 0 Å². The molecule has 4 nitrogen and oxygen atoms in total. The van der Waals surface area contributed by atoms with Crippen molar-refractivity contribution in [3.8, 4) is 0 Å².